The fraction of sp³-hybridized carbons (Fsp3) is 0.667. The van der Waals surface area contributed by atoms with E-state index >= 15 is 0 Å². The van der Waals surface area contributed by atoms with Crippen LogP contribution in [0.2, 0.25) is 0 Å². The number of hydrogen-bond donors (Lipinski definition) is 4. The van der Waals surface area contributed by atoms with E-state index < -0.39 is 0 Å². The van der Waals surface area contributed by atoms with Gasteiger partial charge in [-0.3, -0.25) is 0 Å². The van der Waals surface area contributed by atoms with Gasteiger partial charge in [-0.15, -0.1) is 0 Å². The summed E-state index contributed by atoms with van der Waals surface area (Å²) in [5.74, 6) is 6.82. The number of aliphatic hydroxyl groups excluding tert-OH is 1. The van der Waals surface area contributed by atoms with Crippen LogP contribution in [0.15, 0.2) is 6.33 Å². The highest BCUT2D eigenvalue weighted by molar-refractivity contribution is 5.56. The van der Waals surface area contributed by atoms with Crippen LogP contribution in [0.3, 0.4) is 0 Å². The molecule has 0 aromatic carbocycles. The fourth-order valence-corrected chi connectivity index (χ4v) is 1.83. The van der Waals surface area contributed by atoms with Crippen molar-refractivity contribution in [2.75, 3.05) is 17.3 Å². The summed E-state index contributed by atoms with van der Waals surface area (Å²) in [7, 11) is 0. The van der Waals surface area contributed by atoms with Crippen molar-refractivity contribution in [3.8, 4) is 0 Å². The highest BCUT2D eigenvalue weighted by Crippen LogP contribution is 2.20. The first-order chi connectivity index (χ1) is 8.72. The Morgan fingerprint density at radius 3 is 2.61 bits per heavy atom. The molecule has 6 heteroatoms. The van der Waals surface area contributed by atoms with Gasteiger partial charge in [-0.1, -0.05) is 26.7 Å². The first-order valence-corrected chi connectivity index (χ1v) is 6.45. The number of nitrogen functional groups attached to an aromatic ring is 1. The fourth-order valence-electron chi connectivity index (χ4n) is 1.83. The number of aliphatic hydroxyl groups is 1. The molecule has 0 saturated heterocycles. The van der Waals surface area contributed by atoms with Crippen LogP contribution in [-0.2, 0) is 6.42 Å². The van der Waals surface area contributed by atoms with Gasteiger partial charge in [0.05, 0.1) is 6.10 Å². The van der Waals surface area contributed by atoms with Crippen molar-refractivity contribution in [1.29, 1.82) is 0 Å². The number of aromatic nitrogens is 2. The van der Waals surface area contributed by atoms with E-state index in [1.54, 1.807) is 0 Å². The highest BCUT2D eigenvalue weighted by Gasteiger charge is 2.11. The number of nitrogens with two attached hydrogens (primary N) is 1. The molecule has 1 unspecified atom stereocenters. The van der Waals surface area contributed by atoms with Gasteiger partial charge in [0.1, 0.15) is 18.0 Å². The second-order valence-electron chi connectivity index (χ2n) is 4.27. The molecule has 18 heavy (non-hydrogen) atoms. The molecule has 6 nitrogen and oxygen atoms in total. The number of anilines is 2. The molecular weight excluding hydrogens is 230 g/mol. The van der Waals surface area contributed by atoms with Crippen LogP contribution in [-0.4, -0.2) is 27.7 Å². The molecule has 1 aromatic rings. The Hall–Kier alpha value is -1.40. The van der Waals surface area contributed by atoms with Gasteiger partial charge >= 0.3 is 0 Å². The van der Waals surface area contributed by atoms with Crippen molar-refractivity contribution in [2.24, 2.45) is 5.84 Å². The van der Waals surface area contributed by atoms with Gasteiger partial charge in [0.25, 0.3) is 0 Å². The summed E-state index contributed by atoms with van der Waals surface area (Å²) in [5.41, 5.74) is 3.54. The molecule has 0 aliphatic heterocycles. The largest absolute Gasteiger partial charge is 0.391 e. The van der Waals surface area contributed by atoms with Gasteiger partial charge in [-0.05, 0) is 12.8 Å². The van der Waals surface area contributed by atoms with Crippen LogP contribution in [0, 0.1) is 0 Å². The van der Waals surface area contributed by atoms with Crippen molar-refractivity contribution in [2.45, 2.75) is 45.6 Å². The molecule has 1 aromatic heterocycles. The first kappa shape index (κ1) is 14.7. The number of nitrogens with zero attached hydrogens (tertiary/aromatic N) is 2. The Morgan fingerprint density at radius 1 is 1.28 bits per heavy atom. The Morgan fingerprint density at radius 2 is 2.00 bits per heavy atom. The quantitative estimate of drug-likeness (QED) is 0.412. The predicted molar refractivity (Wildman–Crippen MR) is 73.2 cm³/mol. The number of nitrogens with one attached hydrogen (secondary N) is 2. The SMILES string of the molecule is CCCc1c(NN)ncnc1NCC(O)CCC. The number of rotatable bonds is 8. The second-order valence-corrected chi connectivity index (χ2v) is 4.27. The van der Waals surface area contributed by atoms with Gasteiger partial charge in [0.2, 0.25) is 0 Å². The lowest BCUT2D eigenvalue weighted by Gasteiger charge is -2.15. The monoisotopic (exact) mass is 253 g/mol. The van der Waals surface area contributed by atoms with E-state index in [-0.39, 0.29) is 6.10 Å². The summed E-state index contributed by atoms with van der Waals surface area (Å²) in [4.78, 5) is 8.30. The Labute approximate surface area is 108 Å². The van der Waals surface area contributed by atoms with E-state index in [2.05, 4.69) is 27.6 Å². The molecule has 5 N–H and O–H groups in total. The average molecular weight is 253 g/mol. The van der Waals surface area contributed by atoms with Crippen LogP contribution in [0.4, 0.5) is 11.6 Å². The topological polar surface area (TPSA) is 96.1 Å². The lowest BCUT2D eigenvalue weighted by Crippen LogP contribution is -2.21. The predicted octanol–water partition coefficient (Wildman–Crippen LogP) is 1.29. The van der Waals surface area contributed by atoms with Gasteiger partial charge in [0, 0.05) is 12.1 Å². The molecule has 1 heterocycles. The Balaban J connectivity index is 2.74. The lowest BCUT2D eigenvalue weighted by atomic mass is 10.1. The van der Waals surface area contributed by atoms with Crippen LogP contribution < -0.4 is 16.6 Å². The smallest absolute Gasteiger partial charge is 0.148 e. The molecule has 0 saturated carbocycles. The van der Waals surface area contributed by atoms with E-state index in [1.807, 2.05) is 6.92 Å². The summed E-state index contributed by atoms with van der Waals surface area (Å²) in [6, 6.07) is 0. The maximum absolute atomic E-state index is 9.71. The minimum Gasteiger partial charge on any atom is -0.391 e. The number of hydrazine groups is 1. The Bertz CT molecular complexity index is 358. The Kier molecular flexibility index (Phi) is 6.38. The van der Waals surface area contributed by atoms with E-state index in [0.29, 0.717) is 12.4 Å². The van der Waals surface area contributed by atoms with Crippen molar-refractivity contribution in [1.82, 2.24) is 9.97 Å². The molecule has 0 fully saturated rings. The van der Waals surface area contributed by atoms with Crippen molar-refractivity contribution in [3.05, 3.63) is 11.9 Å². The van der Waals surface area contributed by atoms with E-state index in [1.165, 1.54) is 6.33 Å². The average Bonchev–Trinajstić information content (AvgIpc) is 2.38. The summed E-state index contributed by atoms with van der Waals surface area (Å²) < 4.78 is 0. The molecule has 1 rings (SSSR count). The molecule has 102 valence electrons. The first-order valence-electron chi connectivity index (χ1n) is 6.45. The molecule has 0 amide bonds. The summed E-state index contributed by atoms with van der Waals surface area (Å²) in [6.45, 7) is 4.63. The summed E-state index contributed by atoms with van der Waals surface area (Å²) in [5, 5.41) is 12.9. The molecule has 0 aliphatic carbocycles. The third-order valence-electron chi connectivity index (χ3n) is 2.71. The number of hydrogen-bond acceptors (Lipinski definition) is 6. The van der Waals surface area contributed by atoms with Gasteiger partial charge in [-0.2, -0.15) is 0 Å². The van der Waals surface area contributed by atoms with Gasteiger partial charge in [0.15, 0.2) is 0 Å². The molecule has 0 spiro atoms. The molecule has 0 bridgehead atoms. The minimum absolute atomic E-state index is 0.353. The van der Waals surface area contributed by atoms with Crippen LogP contribution >= 0.6 is 0 Å². The molecule has 0 radical (unpaired) electrons. The highest BCUT2D eigenvalue weighted by atomic mass is 16.3. The van der Waals surface area contributed by atoms with Gasteiger partial charge < -0.3 is 15.8 Å². The zero-order valence-corrected chi connectivity index (χ0v) is 11.1. The maximum atomic E-state index is 9.71. The second kappa shape index (κ2) is 7.84. The molecular formula is C12H23N5O. The minimum atomic E-state index is -0.353. The zero-order chi connectivity index (χ0) is 13.4. The van der Waals surface area contributed by atoms with Crippen LogP contribution in [0.25, 0.3) is 0 Å². The van der Waals surface area contributed by atoms with Crippen molar-refractivity contribution < 1.29 is 5.11 Å². The van der Waals surface area contributed by atoms with Crippen LogP contribution in [0.1, 0.15) is 38.7 Å². The van der Waals surface area contributed by atoms with Gasteiger partial charge in [-0.25, -0.2) is 15.8 Å². The van der Waals surface area contributed by atoms with Crippen LogP contribution in [0.5, 0.6) is 0 Å². The van der Waals surface area contributed by atoms with E-state index in [0.717, 1.165) is 37.1 Å². The van der Waals surface area contributed by atoms with Crippen molar-refractivity contribution in [3.63, 3.8) is 0 Å². The summed E-state index contributed by atoms with van der Waals surface area (Å²) >= 11 is 0. The van der Waals surface area contributed by atoms with Crippen molar-refractivity contribution >= 4 is 11.6 Å². The molecule has 1 atom stereocenters. The third-order valence-corrected chi connectivity index (χ3v) is 2.71. The standard InChI is InChI=1S/C12H23N5O/c1-3-5-9(18)7-14-11-10(6-4-2)12(17-13)16-8-15-11/h8-9,18H,3-7,13H2,1-2H3,(H2,14,15,16,17). The normalized spacial score (nSPS) is 12.2. The third kappa shape index (κ3) is 4.12. The maximum Gasteiger partial charge on any atom is 0.148 e. The lowest BCUT2D eigenvalue weighted by molar-refractivity contribution is 0.176. The van der Waals surface area contributed by atoms with E-state index in [4.69, 9.17) is 5.84 Å². The zero-order valence-electron chi connectivity index (χ0n) is 11.1. The van der Waals surface area contributed by atoms with E-state index in [9.17, 15) is 5.11 Å². The summed E-state index contributed by atoms with van der Waals surface area (Å²) in [6.07, 6.45) is 4.67. The molecule has 0 aliphatic rings.